The molecule has 0 spiro atoms. The van der Waals surface area contributed by atoms with E-state index in [-0.39, 0.29) is 13.2 Å². The highest BCUT2D eigenvalue weighted by molar-refractivity contribution is 7.09. The molecule has 0 aliphatic heterocycles. The van der Waals surface area contributed by atoms with Crippen LogP contribution in [0.3, 0.4) is 0 Å². The van der Waals surface area contributed by atoms with Crippen LogP contribution < -0.4 is 5.32 Å². The number of aliphatic hydroxyl groups is 2. The van der Waals surface area contributed by atoms with Gasteiger partial charge in [0.05, 0.1) is 31.5 Å². The second kappa shape index (κ2) is 7.55. The Morgan fingerprint density at radius 1 is 1.26 bits per heavy atom. The Hall–Kier alpha value is -1.24. The van der Waals surface area contributed by atoms with Crippen LogP contribution in [0.4, 0.5) is 0 Å². The fraction of sp³-hybridized carbons (Fsp3) is 0.444. The van der Waals surface area contributed by atoms with Gasteiger partial charge in [-0.05, 0) is 35.4 Å². The van der Waals surface area contributed by atoms with Crippen molar-refractivity contribution in [1.82, 2.24) is 5.32 Å². The minimum absolute atomic E-state index is 0.0345. The third-order valence-electron chi connectivity index (χ3n) is 4.43. The highest BCUT2D eigenvalue weighted by atomic mass is 32.1. The number of fused-ring (bicyclic) bond motifs is 1. The molecule has 0 fully saturated rings. The van der Waals surface area contributed by atoms with Crippen molar-refractivity contribution < 1.29 is 14.9 Å². The number of ether oxygens (including phenoxy) is 1. The molecule has 1 aliphatic carbocycles. The lowest BCUT2D eigenvalue weighted by Gasteiger charge is -2.31. The van der Waals surface area contributed by atoms with Crippen LogP contribution in [0.2, 0.25) is 0 Å². The minimum Gasteiger partial charge on any atom is -0.394 e. The van der Waals surface area contributed by atoms with Crippen molar-refractivity contribution in [3.05, 3.63) is 57.8 Å². The van der Waals surface area contributed by atoms with Crippen LogP contribution in [-0.4, -0.2) is 36.1 Å². The first-order valence-corrected chi connectivity index (χ1v) is 8.84. The molecule has 23 heavy (non-hydrogen) atoms. The monoisotopic (exact) mass is 333 g/mol. The quantitative estimate of drug-likeness (QED) is 0.692. The van der Waals surface area contributed by atoms with Gasteiger partial charge < -0.3 is 20.3 Å². The van der Waals surface area contributed by atoms with Crippen molar-refractivity contribution in [3.8, 4) is 0 Å². The molecule has 2 unspecified atom stereocenters. The van der Waals surface area contributed by atoms with E-state index in [1.807, 2.05) is 29.6 Å². The van der Waals surface area contributed by atoms with Crippen molar-refractivity contribution in [2.75, 3.05) is 19.8 Å². The van der Waals surface area contributed by atoms with Gasteiger partial charge >= 0.3 is 0 Å². The maximum absolute atomic E-state index is 10.1. The molecule has 5 heteroatoms. The van der Waals surface area contributed by atoms with Gasteiger partial charge in [0.25, 0.3) is 0 Å². The molecule has 4 nitrogen and oxygen atoms in total. The molecule has 3 N–H and O–H groups in total. The first-order valence-electron chi connectivity index (χ1n) is 7.96. The zero-order chi connectivity index (χ0) is 16.1. The molecule has 0 amide bonds. The molecule has 0 radical (unpaired) electrons. The topological polar surface area (TPSA) is 61.7 Å². The van der Waals surface area contributed by atoms with Crippen LogP contribution in [0.1, 0.15) is 22.4 Å². The van der Waals surface area contributed by atoms with Crippen molar-refractivity contribution in [3.63, 3.8) is 0 Å². The summed E-state index contributed by atoms with van der Waals surface area (Å²) < 4.78 is 5.55. The third-order valence-corrected chi connectivity index (χ3v) is 5.28. The van der Waals surface area contributed by atoms with E-state index < -0.39 is 11.6 Å². The predicted octanol–water partition coefficient (Wildman–Crippen LogP) is 2.05. The van der Waals surface area contributed by atoms with E-state index in [9.17, 15) is 10.2 Å². The molecule has 0 bridgehead atoms. The van der Waals surface area contributed by atoms with Gasteiger partial charge in [0, 0.05) is 11.4 Å². The van der Waals surface area contributed by atoms with Gasteiger partial charge in [-0.3, -0.25) is 0 Å². The summed E-state index contributed by atoms with van der Waals surface area (Å²) in [7, 11) is 0. The molecule has 3 rings (SSSR count). The smallest absolute Gasteiger partial charge is 0.0898 e. The first-order chi connectivity index (χ1) is 11.2. The number of benzene rings is 1. The van der Waals surface area contributed by atoms with Crippen LogP contribution in [0, 0.1) is 0 Å². The van der Waals surface area contributed by atoms with Crippen LogP contribution in [0.25, 0.3) is 0 Å². The lowest BCUT2D eigenvalue weighted by atomic mass is 9.92. The van der Waals surface area contributed by atoms with E-state index >= 15 is 0 Å². The van der Waals surface area contributed by atoms with Gasteiger partial charge in [0.1, 0.15) is 0 Å². The zero-order valence-corrected chi connectivity index (χ0v) is 13.9. The maximum atomic E-state index is 10.1. The van der Waals surface area contributed by atoms with Gasteiger partial charge in [-0.25, -0.2) is 0 Å². The summed E-state index contributed by atoms with van der Waals surface area (Å²) in [6.07, 6.45) is 1.21. The van der Waals surface area contributed by atoms with E-state index in [4.69, 9.17) is 4.74 Å². The van der Waals surface area contributed by atoms with Crippen LogP contribution >= 0.6 is 11.3 Å². The maximum Gasteiger partial charge on any atom is 0.0898 e. The van der Waals surface area contributed by atoms with E-state index in [0.29, 0.717) is 13.2 Å². The molecule has 1 aromatic heterocycles. The van der Waals surface area contributed by atoms with Crippen molar-refractivity contribution in [1.29, 1.82) is 0 Å². The highest BCUT2D eigenvalue weighted by Crippen LogP contribution is 2.36. The number of hydrogen-bond donors (Lipinski definition) is 3. The second-order valence-electron chi connectivity index (χ2n) is 6.03. The Balaban J connectivity index is 1.50. The number of nitrogens with one attached hydrogen (secondary N) is 1. The van der Waals surface area contributed by atoms with E-state index in [1.54, 1.807) is 11.3 Å². The molecule has 124 valence electrons. The Morgan fingerprint density at radius 3 is 2.91 bits per heavy atom. The van der Waals surface area contributed by atoms with Gasteiger partial charge in [-0.15, -0.1) is 11.3 Å². The largest absolute Gasteiger partial charge is 0.394 e. The van der Waals surface area contributed by atoms with Crippen molar-refractivity contribution >= 4 is 11.3 Å². The Bertz CT molecular complexity index is 616. The number of aryl methyl sites for hydroxylation is 1. The van der Waals surface area contributed by atoms with Crippen molar-refractivity contribution in [2.45, 2.75) is 31.1 Å². The third kappa shape index (κ3) is 3.82. The van der Waals surface area contributed by atoms with E-state index in [2.05, 4.69) is 17.4 Å². The lowest BCUT2D eigenvalue weighted by molar-refractivity contribution is 0.0223. The molecule has 1 heterocycles. The number of hydrogen-bond acceptors (Lipinski definition) is 5. The van der Waals surface area contributed by atoms with E-state index in [1.165, 1.54) is 5.56 Å². The lowest BCUT2D eigenvalue weighted by Crippen LogP contribution is -2.47. The fourth-order valence-corrected chi connectivity index (χ4v) is 3.79. The van der Waals surface area contributed by atoms with Crippen molar-refractivity contribution in [2.24, 2.45) is 0 Å². The molecule has 1 aliphatic rings. The number of aliphatic hydroxyl groups excluding tert-OH is 2. The van der Waals surface area contributed by atoms with Crippen LogP contribution in [0.5, 0.6) is 0 Å². The molecular formula is C18H23NO3S. The standard InChI is InChI=1S/C18H23NO3S/c20-13-18(8-7-14-4-1-2-6-17(14)18)19-10-15(21)11-22-12-16-5-3-9-23-16/h1-6,9,15,19-21H,7-8,10-13H2. The normalized spacial score (nSPS) is 21.3. The Morgan fingerprint density at radius 2 is 2.13 bits per heavy atom. The summed E-state index contributed by atoms with van der Waals surface area (Å²) in [5.74, 6) is 0. The summed E-state index contributed by atoms with van der Waals surface area (Å²) in [6.45, 7) is 1.25. The van der Waals surface area contributed by atoms with Gasteiger partial charge in [0.15, 0.2) is 0 Å². The SMILES string of the molecule is OCC1(NCC(O)COCc2cccs2)CCc2ccccc21. The van der Waals surface area contributed by atoms with Gasteiger partial charge in [-0.2, -0.15) is 0 Å². The Kier molecular flexibility index (Phi) is 5.46. The second-order valence-corrected chi connectivity index (χ2v) is 7.06. The van der Waals surface area contributed by atoms with Crippen LogP contribution in [0.15, 0.2) is 41.8 Å². The fourth-order valence-electron chi connectivity index (χ4n) is 3.15. The molecule has 0 saturated carbocycles. The van der Waals surface area contributed by atoms with Crippen LogP contribution in [-0.2, 0) is 23.3 Å². The average molecular weight is 333 g/mol. The average Bonchev–Trinajstić information content (AvgIpc) is 3.21. The zero-order valence-electron chi connectivity index (χ0n) is 13.1. The highest BCUT2D eigenvalue weighted by Gasteiger charge is 2.37. The first kappa shape index (κ1) is 16.6. The summed E-state index contributed by atoms with van der Waals surface area (Å²) in [4.78, 5) is 1.15. The molecule has 2 atom stereocenters. The Labute approximate surface area is 140 Å². The summed E-state index contributed by atoms with van der Waals surface area (Å²) >= 11 is 1.65. The summed E-state index contributed by atoms with van der Waals surface area (Å²) in [5, 5.41) is 25.4. The predicted molar refractivity (Wildman–Crippen MR) is 91.5 cm³/mol. The molecule has 1 aromatic carbocycles. The molecular weight excluding hydrogens is 310 g/mol. The van der Waals surface area contributed by atoms with E-state index in [0.717, 1.165) is 23.3 Å². The van der Waals surface area contributed by atoms with Gasteiger partial charge in [-0.1, -0.05) is 30.3 Å². The molecule has 2 aromatic rings. The number of rotatable bonds is 8. The minimum atomic E-state index is -0.592. The summed E-state index contributed by atoms with van der Waals surface area (Å²) in [6, 6.07) is 12.2. The molecule has 0 saturated heterocycles. The summed E-state index contributed by atoms with van der Waals surface area (Å²) in [5.41, 5.74) is 1.98. The number of thiophene rings is 1. The van der Waals surface area contributed by atoms with Gasteiger partial charge in [0.2, 0.25) is 0 Å².